The quantitative estimate of drug-likeness (QED) is 0.569. The van der Waals surface area contributed by atoms with Crippen LogP contribution in [0.25, 0.3) is 0 Å². The van der Waals surface area contributed by atoms with Crippen LogP contribution < -0.4 is 0 Å². The fourth-order valence-electron chi connectivity index (χ4n) is 2.29. The summed E-state index contributed by atoms with van der Waals surface area (Å²) in [6.45, 7) is 3.31. The Hall–Kier alpha value is -0.410. The third-order valence-electron chi connectivity index (χ3n) is 3.06. The van der Waals surface area contributed by atoms with E-state index < -0.39 is 0 Å². The Morgan fingerprint density at radius 3 is 2.73 bits per heavy atom. The number of β-amino-alcohol motifs (C(OH)–C–C–N with tert-alkyl or cyclic N) is 1. The first-order valence-electron chi connectivity index (χ1n) is 4.09. The molecule has 0 aliphatic carbocycles. The summed E-state index contributed by atoms with van der Waals surface area (Å²) in [6, 6.07) is 0. The molecule has 0 aromatic heterocycles. The molecule has 3 nitrogen and oxygen atoms in total. The summed E-state index contributed by atoms with van der Waals surface area (Å²) in [5.41, 5.74) is -0.251. The monoisotopic (exact) mass is 155 g/mol. The molecule has 2 saturated heterocycles. The molecule has 0 bridgehead atoms. The standard InChI is InChI=1S/C8H13NO2/c1-6(10)8-2-3-9(8)5-7(11)4-8/h7,11H,2-5H2,1H3. The molecule has 2 atom stereocenters. The summed E-state index contributed by atoms with van der Waals surface area (Å²) >= 11 is 0. The predicted octanol–water partition coefficient (Wildman–Crippen LogP) is -0.215. The fraction of sp³-hybridized carbons (Fsp3) is 0.875. The van der Waals surface area contributed by atoms with E-state index in [2.05, 4.69) is 4.90 Å². The zero-order valence-corrected chi connectivity index (χ0v) is 6.71. The Balaban J connectivity index is 2.20. The van der Waals surface area contributed by atoms with Gasteiger partial charge in [0.15, 0.2) is 0 Å². The second-order valence-electron chi connectivity index (χ2n) is 3.64. The molecule has 2 rings (SSSR count). The summed E-state index contributed by atoms with van der Waals surface area (Å²) in [5.74, 6) is 0.223. The number of hydrogen-bond acceptors (Lipinski definition) is 3. The van der Waals surface area contributed by atoms with Gasteiger partial charge < -0.3 is 5.11 Å². The van der Waals surface area contributed by atoms with Crippen molar-refractivity contribution >= 4 is 5.78 Å². The summed E-state index contributed by atoms with van der Waals surface area (Å²) in [7, 11) is 0. The molecule has 2 heterocycles. The van der Waals surface area contributed by atoms with Crippen molar-refractivity contribution in [2.75, 3.05) is 13.1 Å². The normalized spacial score (nSPS) is 43.3. The highest BCUT2D eigenvalue weighted by molar-refractivity contribution is 5.87. The summed E-state index contributed by atoms with van der Waals surface area (Å²) in [6.07, 6.45) is 1.32. The Labute approximate surface area is 66.0 Å². The van der Waals surface area contributed by atoms with E-state index >= 15 is 0 Å². The number of carbonyl (C=O) groups is 1. The van der Waals surface area contributed by atoms with Crippen molar-refractivity contribution in [1.29, 1.82) is 0 Å². The van der Waals surface area contributed by atoms with Crippen LogP contribution in [0, 0.1) is 0 Å². The fourth-order valence-corrected chi connectivity index (χ4v) is 2.29. The first-order valence-corrected chi connectivity index (χ1v) is 4.09. The van der Waals surface area contributed by atoms with Gasteiger partial charge in [0.1, 0.15) is 5.78 Å². The van der Waals surface area contributed by atoms with E-state index in [-0.39, 0.29) is 17.4 Å². The first-order chi connectivity index (χ1) is 5.15. The second-order valence-corrected chi connectivity index (χ2v) is 3.64. The second kappa shape index (κ2) is 2.05. The first kappa shape index (κ1) is 7.25. The average Bonchev–Trinajstić information content (AvgIpc) is 2.11. The zero-order valence-electron chi connectivity index (χ0n) is 6.71. The Kier molecular flexibility index (Phi) is 1.35. The largest absolute Gasteiger partial charge is 0.392 e. The molecule has 0 radical (unpaired) electrons. The molecule has 2 unspecified atom stereocenters. The number of nitrogens with zero attached hydrogens (tertiary/aromatic N) is 1. The van der Waals surface area contributed by atoms with Crippen molar-refractivity contribution in [2.24, 2.45) is 0 Å². The zero-order chi connectivity index (χ0) is 8.06. The number of fused-ring (bicyclic) bond motifs is 1. The van der Waals surface area contributed by atoms with Crippen LogP contribution in [0.3, 0.4) is 0 Å². The summed E-state index contributed by atoms with van der Waals surface area (Å²) in [5, 5.41) is 9.33. The molecular formula is C8H13NO2. The lowest BCUT2D eigenvalue weighted by Gasteiger charge is -2.45. The van der Waals surface area contributed by atoms with Crippen LogP contribution in [0.4, 0.5) is 0 Å². The molecule has 0 aromatic carbocycles. The minimum atomic E-state index is -0.276. The van der Waals surface area contributed by atoms with Gasteiger partial charge in [-0.15, -0.1) is 0 Å². The van der Waals surface area contributed by atoms with Gasteiger partial charge in [-0.05, 0) is 13.3 Å². The lowest BCUT2D eigenvalue weighted by Crippen LogP contribution is -2.59. The maximum absolute atomic E-state index is 11.2. The van der Waals surface area contributed by atoms with Crippen LogP contribution in [-0.4, -0.2) is 40.5 Å². The van der Waals surface area contributed by atoms with Crippen molar-refractivity contribution in [3.63, 3.8) is 0 Å². The highest BCUT2D eigenvalue weighted by Crippen LogP contribution is 2.40. The van der Waals surface area contributed by atoms with E-state index in [9.17, 15) is 9.90 Å². The molecule has 62 valence electrons. The van der Waals surface area contributed by atoms with E-state index in [0.29, 0.717) is 13.0 Å². The van der Waals surface area contributed by atoms with Crippen LogP contribution in [0.15, 0.2) is 0 Å². The molecule has 2 aliphatic heterocycles. The lowest BCUT2D eigenvalue weighted by atomic mass is 9.81. The van der Waals surface area contributed by atoms with Gasteiger partial charge in [-0.1, -0.05) is 0 Å². The van der Waals surface area contributed by atoms with Crippen molar-refractivity contribution in [3.8, 4) is 0 Å². The number of aliphatic hydroxyl groups is 1. The van der Waals surface area contributed by atoms with E-state index in [0.717, 1.165) is 13.0 Å². The molecule has 11 heavy (non-hydrogen) atoms. The maximum atomic E-state index is 11.2. The molecule has 0 spiro atoms. The minimum Gasteiger partial charge on any atom is -0.392 e. The van der Waals surface area contributed by atoms with Gasteiger partial charge >= 0.3 is 0 Å². The predicted molar refractivity (Wildman–Crippen MR) is 40.2 cm³/mol. The Morgan fingerprint density at radius 1 is 1.73 bits per heavy atom. The van der Waals surface area contributed by atoms with Crippen molar-refractivity contribution < 1.29 is 9.90 Å². The van der Waals surface area contributed by atoms with Gasteiger partial charge in [-0.25, -0.2) is 0 Å². The smallest absolute Gasteiger partial charge is 0.150 e. The van der Waals surface area contributed by atoms with Gasteiger partial charge in [0.05, 0.1) is 11.6 Å². The lowest BCUT2D eigenvalue weighted by molar-refractivity contribution is -0.134. The molecule has 0 aromatic rings. The van der Waals surface area contributed by atoms with Gasteiger partial charge in [-0.2, -0.15) is 0 Å². The van der Waals surface area contributed by atoms with Gasteiger partial charge in [-0.3, -0.25) is 9.69 Å². The molecule has 0 saturated carbocycles. The Bertz CT molecular complexity index is 204. The van der Waals surface area contributed by atoms with Crippen LogP contribution >= 0.6 is 0 Å². The topological polar surface area (TPSA) is 40.5 Å². The number of hydrogen-bond donors (Lipinski definition) is 1. The number of Topliss-reactive ketones (excluding diaryl/α,β-unsaturated/α-hetero) is 1. The highest BCUT2D eigenvalue weighted by atomic mass is 16.3. The van der Waals surface area contributed by atoms with Crippen molar-refractivity contribution in [1.82, 2.24) is 4.90 Å². The molecule has 2 fully saturated rings. The number of aliphatic hydroxyl groups excluding tert-OH is 1. The average molecular weight is 155 g/mol. The van der Waals surface area contributed by atoms with Gasteiger partial charge in [0.2, 0.25) is 0 Å². The highest BCUT2D eigenvalue weighted by Gasteiger charge is 2.54. The van der Waals surface area contributed by atoms with E-state index in [4.69, 9.17) is 0 Å². The molecular weight excluding hydrogens is 142 g/mol. The van der Waals surface area contributed by atoms with Crippen molar-refractivity contribution in [2.45, 2.75) is 31.4 Å². The molecule has 2 aliphatic rings. The van der Waals surface area contributed by atoms with Crippen LogP contribution in [0.2, 0.25) is 0 Å². The summed E-state index contributed by atoms with van der Waals surface area (Å²) in [4.78, 5) is 13.3. The van der Waals surface area contributed by atoms with Crippen LogP contribution in [0.1, 0.15) is 19.8 Å². The van der Waals surface area contributed by atoms with Gasteiger partial charge in [0, 0.05) is 19.5 Å². The third-order valence-corrected chi connectivity index (χ3v) is 3.06. The third kappa shape index (κ3) is 0.781. The number of carbonyl (C=O) groups excluding carboxylic acids is 1. The minimum absolute atomic E-state index is 0.223. The van der Waals surface area contributed by atoms with Crippen LogP contribution in [-0.2, 0) is 4.79 Å². The van der Waals surface area contributed by atoms with Crippen LogP contribution in [0.5, 0.6) is 0 Å². The van der Waals surface area contributed by atoms with Crippen molar-refractivity contribution in [3.05, 3.63) is 0 Å². The van der Waals surface area contributed by atoms with Gasteiger partial charge in [0.25, 0.3) is 0 Å². The van der Waals surface area contributed by atoms with E-state index in [1.54, 1.807) is 6.92 Å². The number of rotatable bonds is 1. The Morgan fingerprint density at radius 2 is 2.45 bits per heavy atom. The molecule has 0 amide bonds. The maximum Gasteiger partial charge on any atom is 0.150 e. The van der Waals surface area contributed by atoms with E-state index in [1.165, 1.54) is 0 Å². The molecule has 3 heteroatoms. The number of ketones is 1. The molecule has 1 N–H and O–H groups in total. The SMILES string of the molecule is CC(=O)C12CCN1CC(O)C2. The summed E-state index contributed by atoms with van der Waals surface area (Å²) < 4.78 is 0. The van der Waals surface area contributed by atoms with E-state index in [1.807, 2.05) is 0 Å².